The predicted octanol–water partition coefficient (Wildman–Crippen LogP) is 5.08. The maximum Gasteiger partial charge on any atom is 0.398 e. The Morgan fingerprint density at radius 2 is 1.76 bits per heavy atom. The van der Waals surface area contributed by atoms with E-state index in [4.69, 9.17) is 10.4 Å². The van der Waals surface area contributed by atoms with Crippen molar-refractivity contribution in [1.29, 1.82) is 5.26 Å². The number of rotatable bonds is 7. The second-order valence-corrected chi connectivity index (χ2v) is 11.5. The third kappa shape index (κ3) is 9.17. The van der Waals surface area contributed by atoms with Gasteiger partial charge in [-0.15, -0.1) is 0 Å². The Morgan fingerprint density at radius 3 is 2.20 bits per heavy atom. The van der Waals surface area contributed by atoms with Crippen molar-refractivity contribution >= 4 is 18.3 Å². The highest BCUT2D eigenvalue weighted by Crippen LogP contribution is 2.59. The highest BCUT2D eigenvalue weighted by Gasteiger charge is 2.64. The summed E-state index contributed by atoms with van der Waals surface area (Å²) in [5.74, 6) is -2.94. The molecule has 2 N–H and O–H groups in total. The number of carbonyl (C=O) groups excluding carboxylic acids is 2. The smallest absolute Gasteiger partial charge is 0.391 e. The maximum absolute atomic E-state index is 13.3. The number of benzene rings is 1. The zero-order chi connectivity index (χ0) is 33.4. The number of halogens is 6. The Hall–Kier alpha value is -3.70. The average molecular weight is 642 g/mol. The second kappa shape index (κ2) is 15.1. The molecule has 5 rings (SSSR count). The molecular formula is C31H37F6N5O3. The minimum absolute atomic E-state index is 0.0541. The summed E-state index contributed by atoms with van der Waals surface area (Å²) < 4.78 is 77.9. The van der Waals surface area contributed by atoms with E-state index < -0.39 is 41.5 Å². The Morgan fingerprint density at radius 1 is 1.13 bits per heavy atom. The van der Waals surface area contributed by atoms with E-state index in [9.17, 15) is 35.9 Å². The van der Waals surface area contributed by atoms with Crippen LogP contribution < -0.4 is 10.2 Å². The number of nitrogens with zero attached hydrogens (tertiary/aromatic N) is 4. The Balaban J connectivity index is 0.000000226. The molecule has 0 amide bonds. The third-order valence-electron chi connectivity index (χ3n) is 8.47. The second-order valence-electron chi connectivity index (χ2n) is 11.5. The molecule has 1 saturated heterocycles. The predicted molar refractivity (Wildman–Crippen MR) is 154 cm³/mol. The standard InChI is InChI=1S/C18H16F4N2O.C7H13F2N.C6H8N2O2/c1-24(16(11-25)12-8-14(19)10-23-9-12)15-4-2-13(3-5-15)17(6-7-17)18(20,21)22;1-10-6-2-4-7(8,9)5-3-6;7-4-8-2-6(10)1-5(8)3-9/h2-5,8-11,16H,6-7H2,1H3;6,10H,2-5H2,1H3;3,5-6,10H,1-2H2. The van der Waals surface area contributed by atoms with Crippen LogP contribution in [0.5, 0.6) is 0 Å². The van der Waals surface area contributed by atoms with E-state index in [1.54, 1.807) is 24.1 Å². The van der Waals surface area contributed by atoms with E-state index in [0.29, 0.717) is 55.7 Å². The Bertz CT molecular complexity index is 1310. The van der Waals surface area contributed by atoms with Crippen LogP contribution >= 0.6 is 0 Å². The van der Waals surface area contributed by atoms with Gasteiger partial charge in [0, 0.05) is 49.8 Å². The molecule has 1 aromatic carbocycles. The molecule has 246 valence electrons. The van der Waals surface area contributed by atoms with Crippen molar-refractivity contribution in [3.63, 3.8) is 0 Å². The maximum atomic E-state index is 13.3. The number of carbonyl (C=O) groups is 2. The van der Waals surface area contributed by atoms with Gasteiger partial charge in [-0.2, -0.15) is 18.4 Å². The fraction of sp³-hybridized carbons (Fsp3) is 0.548. The zero-order valence-electron chi connectivity index (χ0n) is 25.0. The summed E-state index contributed by atoms with van der Waals surface area (Å²) in [6.07, 6.45) is 2.72. The van der Waals surface area contributed by atoms with Crippen molar-refractivity contribution in [3.8, 4) is 6.19 Å². The molecule has 3 unspecified atom stereocenters. The van der Waals surface area contributed by atoms with E-state index in [0.717, 1.165) is 6.20 Å². The van der Waals surface area contributed by atoms with Gasteiger partial charge in [-0.3, -0.25) is 9.88 Å². The van der Waals surface area contributed by atoms with E-state index in [-0.39, 0.29) is 31.2 Å². The molecule has 8 nitrogen and oxygen atoms in total. The van der Waals surface area contributed by atoms with E-state index in [1.807, 2.05) is 13.2 Å². The van der Waals surface area contributed by atoms with Gasteiger partial charge in [0.1, 0.15) is 24.4 Å². The normalized spacial score (nSPS) is 22.4. The van der Waals surface area contributed by atoms with Crippen LogP contribution in [0.3, 0.4) is 0 Å². The number of nitrogens with one attached hydrogen (secondary N) is 1. The number of pyridine rings is 1. The van der Waals surface area contributed by atoms with Crippen molar-refractivity contribution in [2.24, 2.45) is 0 Å². The highest BCUT2D eigenvalue weighted by atomic mass is 19.4. The van der Waals surface area contributed by atoms with Crippen molar-refractivity contribution in [2.45, 2.75) is 86.7 Å². The molecule has 3 atom stereocenters. The topological polar surface area (TPSA) is 110 Å². The van der Waals surface area contributed by atoms with Crippen molar-refractivity contribution in [1.82, 2.24) is 15.2 Å². The summed E-state index contributed by atoms with van der Waals surface area (Å²) in [6.45, 7) is 0.292. The number of hydrogen-bond donors (Lipinski definition) is 2. The number of alkyl halides is 5. The molecular weight excluding hydrogens is 604 g/mol. The van der Waals surface area contributed by atoms with Gasteiger partial charge >= 0.3 is 6.18 Å². The van der Waals surface area contributed by atoms with Crippen molar-refractivity contribution in [2.75, 3.05) is 25.5 Å². The minimum Gasteiger partial charge on any atom is -0.391 e. The molecule has 0 spiro atoms. The zero-order valence-corrected chi connectivity index (χ0v) is 25.0. The van der Waals surface area contributed by atoms with Crippen LogP contribution in [0, 0.1) is 17.3 Å². The molecule has 2 heterocycles. The monoisotopic (exact) mass is 641 g/mol. The number of β-amino-alcohol motifs (C(OH)–C–C–N with tert-alkyl or cyclic N) is 1. The van der Waals surface area contributed by atoms with Crippen molar-refractivity contribution < 1.29 is 41.0 Å². The lowest BCUT2D eigenvalue weighted by molar-refractivity contribution is -0.160. The van der Waals surface area contributed by atoms with Gasteiger partial charge in [0.05, 0.1) is 30.3 Å². The summed E-state index contributed by atoms with van der Waals surface area (Å²) in [5, 5.41) is 20.4. The van der Waals surface area contributed by atoms with Crippen LogP contribution in [0.2, 0.25) is 0 Å². The van der Waals surface area contributed by atoms with E-state index >= 15 is 0 Å². The van der Waals surface area contributed by atoms with Crippen LogP contribution in [0.15, 0.2) is 42.7 Å². The Kier molecular flexibility index (Phi) is 12.0. The first-order valence-corrected chi connectivity index (χ1v) is 14.5. The minimum atomic E-state index is -4.26. The number of aliphatic hydroxyl groups excluding tert-OH is 1. The lowest BCUT2D eigenvalue weighted by Crippen LogP contribution is -2.34. The molecule has 1 aliphatic heterocycles. The van der Waals surface area contributed by atoms with Gasteiger partial charge in [-0.1, -0.05) is 12.1 Å². The number of anilines is 1. The van der Waals surface area contributed by atoms with Gasteiger partial charge in [0.2, 0.25) is 5.92 Å². The van der Waals surface area contributed by atoms with Crippen LogP contribution in [0.4, 0.5) is 32.0 Å². The van der Waals surface area contributed by atoms with Gasteiger partial charge in [0.15, 0.2) is 6.19 Å². The number of nitriles is 1. The summed E-state index contributed by atoms with van der Waals surface area (Å²) in [5.41, 5.74) is -0.577. The molecule has 3 fully saturated rings. The summed E-state index contributed by atoms with van der Waals surface area (Å²) in [7, 11) is 3.45. The molecule has 14 heteroatoms. The first-order chi connectivity index (χ1) is 21.2. The van der Waals surface area contributed by atoms with E-state index in [1.165, 1.54) is 29.3 Å². The molecule has 2 aromatic rings. The molecule has 3 aliphatic rings. The van der Waals surface area contributed by atoms with Gasteiger partial charge in [0.25, 0.3) is 0 Å². The molecule has 0 radical (unpaired) electrons. The SMILES string of the molecule is CN(c1ccc(C2(C(F)(F)F)CC2)cc1)C(C=O)c1cncc(F)c1.CNC1CCC(F)(F)CC1.N#CN1CC(O)CC1C=O. The lowest BCUT2D eigenvalue weighted by atomic mass is 9.92. The van der Waals surface area contributed by atoms with Gasteiger partial charge < -0.3 is 24.9 Å². The quantitative estimate of drug-likeness (QED) is 0.245. The van der Waals surface area contributed by atoms with Gasteiger partial charge in [-0.05, 0) is 56.5 Å². The lowest BCUT2D eigenvalue weighted by Gasteiger charge is -2.27. The van der Waals surface area contributed by atoms with Gasteiger partial charge in [-0.25, -0.2) is 13.2 Å². The summed E-state index contributed by atoms with van der Waals surface area (Å²) in [4.78, 5) is 28.3. The molecule has 45 heavy (non-hydrogen) atoms. The third-order valence-corrected chi connectivity index (χ3v) is 8.47. The molecule has 1 aromatic heterocycles. The number of aldehydes is 2. The molecule has 2 saturated carbocycles. The number of aliphatic hydroxyl groups is 1. The van der Waals surface area contributed by atoms with Crippen molar-refractivity contribution in [3.05, 3.63) is 59.7 Å². The fourth-order valence-corrected chi connectivity index (χ4v) is 5.44. The highest BCUT2D eigenvalue weighted by molar-refractivity contribution is 5.68. The average Bonchev–Trinajstić information content (AvgIpc) is 3.75. The van der Waals surface area contributed by atoms with Crippen LogP contribution in [-0.4, -0.2) is 78.5 Å². The van der Waals surface area contributed by atoms with Crippen LogP contribution in [-0.2, 0) is 15.0 Å². The number of likely N-dealkylation sites (N-methyl/N-ethyl adjacent to an activating group) is 1. The Labute approximate surface area is 258 Å². The number of likely N-dealkylation sites (tertiary alicyclic amines) is 1. The largest absolute Gasteiger partial charge is 0.398 e. The number of hydrogen-bond acceptors (Lipinski definition) is 8. The van der Waals surface area contributed by atoms with Crippen LogP contribution in [0.1, 0.15) is 62.1 Å². The molecule has 0 bridgehead atoms. The summed E-state index contributed by atoms with van der Waals surface area (Å²) in [6, 6.07) is 6.32. The fourth-order valence-electron chi connectivity index (χ4n) is 5.44. The van der Waals surface area contributed by atoms with E-state index in [2.05, 4.69) is 10.3 Å². The number of aromatic nitrogens is 1. The first kappa shape index (κ1) is 35.8. The first-order valence-electron chi connectivity index (χ1n) is 14.5. The molecule has 2 aliphatic carbocycles. The summed E-state index contributed by atoms with van der Waals surface area (Å²) >= 11 is 0. The van der Waals surface area contributed by atoms with Crippen LogP contribution in [0.25, 0.3) is 0 Å².